The lowest BCUT2D eigenvalue weighted by Crippen LogP contribution is -2.20. The van der Waals surface area contributed by atoms with E-state index in [1.165, 1.54) is 6.07 Å². The molecule has 1 aliphatic heterocycles. The third-order valence-corrected chi connectivity index (χ3v) is 10.5. The van der Waals surface area contributed by atoms with Crippen molar-refractivity contribution >= 4 is 43.5 Å². The van der Waals surface area contributed by atoms with Crippen LogP contribution in [0.5, 0.6) is 0 Å². The highest BCUT2D eigenvalue weighted by molar-refractivity contribution is 7.91. The summed E-state index contributed by atoms with van der Waals surface area (Å²) < 4.78 is 26.9. The van der Waals surface area contributed by atoms with Crippen LogP contribution in [0.15, 0.2) is 174 Å². The molecule has 0 bridgehead atoms. The first-order valence-corrected chi connectivity index (χ1v) is 16.5. The number of fused-ring (bicyclic) bond motifs is 3. The van der Waals surface area contributed by atoms with Crippen LogP contribution in [0.3, 0.4) is 0 Å². The van der Waals surface area contributed by atoms with Crippen LogP contribution in [-0.2, 0) is 9.84 Å². The molecule has 46 heavy (non-hydrogen) atoms. The van der Waals surface area contributed by atoms with E-state index in [1.54, 1.807) is 30.3 Å². The van der Waals surface area contributed by atoms with Crippen LogP contribution < -0.4 is 4.90 Å². The minimum atomic E-state index is -3.80. The van der Waals surface area contributed by atoms with Gasteiger partial charge in [0.1, 0.15) is 0 Å². The summed E-state index contributed by atoms with van der Waals surface area (Å²) in [5, 5.41) is 2.09. The molecule has 0 fully saturated rings. The van der Waals surface area contributed by atoms with Gasteiger partial charge in [-0.05, 0) is 93.7 Å². The normalized spacial score (nSPS) is 13.2. The highest BCUT2D eigenvalue weighted by atomic mass is 32.2. The van der Waals surface area contributed by atoms with Gasteiger partial charge in [-0.3, -0.25) is 4.79 Å². The number of carbonyl (C=O) groups is 1. The fourth-order valence-electron chi connectivity index (χ4n) is 6.47. The Balaban J connectivity index is 1.24. The number of hydrogen-bond acceptors (Lipinski definition) is 4. The number of para-hydroxylation sites is 2. The first kappa shape index (κ1) is 27.7. The van der Waals surface area contributed by atoms with Gasteiger partial charge in [0.25, 0.3) is 0 Å². The molecule has 220 valence electrons. The second kappa shape index (κ2) is 11.0. The average Bonchev–Trinajstić information content (AvgIpc) is 3.11. The predicted molar refractivity (Wildman–Crippen MR) is 185 cm³/mol. The number of nitrogens with zero attached hydrogens (tertiary/aromatic N) is 1. The van der Waals surface area contributed by atoms with E-state index in [0.717, 1.165) is 50.1 Å². The van der Waals surface area contributed by atoms with E-state index in [9.17, 15) is 13.2 Å². The molecule has 1 aliphatic rings. The summed E-state index contributed by atoms with van der Waals surface area (Å²) in [7, 11) is -3.80. The van der Waals surface area contributed by atoms with Gasteiger partial charge < -0.3 is 4.90 Å². The molecular weight excluding hydrogens is 587 g/mol. The van der Waals surface area contributed by atoms with Gasteiger partial charge in [0, 0.05) is 28.2 Å². The Labute approximate surface area is 267 Å². The molecule has 7 aromatic rings. The van der Waals surface area contributed by atoms with E-state index in [2.05, 4.69) is 77.7 Å². The van der Waals surface area contributed by atoms with Crippen LogP contribution in [0.4, 0.5) is 17.1 Å². The van der Waals surface area contributed by atoms with Crippen molar-refractivity contribution in [1.29, 1.82) is 0 Å². The highest BCUT2D eigenvalue weighted by Crippen LogP contribution is 2.41. The molecule has 8 rings (SSSR count). The minimum Gasteiger partial charge on any atom is -0.311 e. The van der Waals surface area contributed by atoms with E-state index in [1.807, 2.05) is 54.6 Å². The van der Waals surface area contributed by atoms with Gasteiger partial charge in [0.05, 0.1) is 9.79 Å². The van der Waals surface area contributed by atoms with Crippen LogP contribution >= 0.6 is 0 Å². The zero-order valence-corrected chi connectivity index (χ0v) is 25.5. The number of ketones is 1. The fourth-order valence-corrected chi connectivity index (χ4v) is 8.11. The lowest BCUT2D eigenvalue weighted by Gasteiger charge is -2.25. The molecular formula is C41H27NO3S. The van der Waals surface area contributed by atoms with Crippen molar-refractivity contribution in [2.75, 3.05) is 4.90 Å². The monoisotopic (exact) mass is 613 g/mol. The maximum atomic E-state index is 13.6. The van der Waals surface area contributed by atoms with Crippen molar-refractivity contribution in [1.82, 2.24) is 0 Å². The largest absolute Gasteiger partial charge is 0.311 e. The van der Waals surface area contributed by atoms with Crippen LogP contribution in [0, 0.1) is 0 Å². The van der Waals surface area contributed by atoms with Crippen molar-refractivity contribution in [3.8, 4) is 22.3 Å². The second-order valence-electron chi connectivity index (χ2n) is 11.3. The molecule has 1 heterocycles. The lowest BCUT2D eigenvalue weighted by atomic mass is 9.90. The number of benzene rings is 7. The molecule has 5 heteroatoms. The fraction of sp³-hybridized carbons (Fsp3) is 0. The predicted octanol–water partition coefficient (Wildman–Crippen LogP) is 10.0. The topological polar surface area (TPSA) is 54.5 Å². The Kier molecular flexibility index (Phi) is 6.63. The molecule has 0 unspecified atom stereocenters. The Hall–Kier alpha value is -5.78. The van der Waals surface area contributed by atoms with Gasteiger partial charge >= 0.3 is 0 Å². The first-order chi connectivity index (χ1) is 22.5. The number of anilines is 3. The number of sulfone groups is 1. The molecule has 0 aliphatic carbocycles. The van der Waals surface area contributed by atoms with Gasteiger partial charge in [0.15, 0.2) is 5.78 Å². The zero-order chi connectivity index (χ0) is 31.3. The number of carbonyl (C=O) groups excluding carboxylic acids is 1. The van der Waals surface area contributed by atoms with E-state index >= 15 is 0 Å². The van der Waals surface area contributed by atoms with Gasteiger partial charge in [-0.2, -0.15) is 0 Å². The van der Waals surface area contributed by atoms with E-state index in [0.29, 0.717) is 0 Å². The summed E-state index contributed by atoms with van der Waals surface area (Å²) in [5.41, 5.74) is 7.41. The quantitative estimate of drug-likeness (QED) is 0.194. The SMILES string of the molecule is O=C1c2ccccc2S(=O)(=O)c2ccc(-c3cccc4cccc(-c5ccc(N(c6ccccc6)c6ccccc6)cc5)c34)cc21. The molecule has 4 nitrogen and oxygen atoms in total. The molecule has 0 radical (unpaired) electrons. The summed E-state index contributed by atoms with van der Waals surface area (Å²) in [6.45, 7) is 0. The summed E-state index contributed by atoms with van der Waals surface area (Å²) in [6.07, 6.45) is 0. The molecule has 0 atom stereocenters. The maximum Gasteiger partial charge on any atom is 0.208 e. The van der Waals surface area contributed by atoms with Gasteiger partial charge in [0.2, 0.25) is 9.84 Å². The van der Waals surface area contributed by atoms with E-state index in [-0.39, 0.29) is 26.7 Å². The third-order valence-electron chi connectivity index (χ3n) is 8.62. The zero-order valence-electron chi connectivity index (χ0n) is 24.7. The standard InChI is InChI=1S/C41H27NO3S/c43-41-36-17-7-8-20-38(36)46(44,45)39-26-23-30(27-37(39)41)35-19-10-12-29-11-9-18-34(40(29)35)28-21-24-33(25-22-28)42(31-13-3-1-4-14-31)32-15-5-2-6-16-32/h1-27H. The molecule has 7 aromatic carbocycles. The summed E-state index contributed by atoms with van der Waals surface area (Å²) in [5.74, 6) is -0.278. The Morgan fingerprint density at radius 1 is 0.413 bits per heavy atom. The van der Waals surface area contributed by atoms with Crippen LogP contribution in [0.1, 0.15) is 15.9 Å². The average molecular weight is 614 g/mol. The Morgan fingerprint density at radius 3 is 1.57 bits per heavy atom. The minimum absolute atomic E-state index is 0.0531. The Morgan fingerprint density at radius 2 is 0.913 bits per heavy atom. The smallest absolute Gasteiger partial charge is 0.208 e. The van der Waals surface area contributed by atoms with Gasteiger partial charge in [-0.1, -0.05) is 103 Å². The third kappa shape index (κ3) is 4.52. The van der Waals surface area contributed by atoms with Gasteiger partial charge in [-0.25, -0.2) is 8.42 Å². The molecule has 0 aromatic heterocycles. The Bertz CT molecular complexity index is 2340. The highest BCUT2D eigenvalue weighted by Gasteiger charge is 2.34. The van der Waals surface area contributed by atoms with E-state index in [4.69, 9.17) is 0 Å². The lowest BCUT2D eigenvalue weighted by molar-refractivity contribution is 0.103. The summed E-state index contributed by atoms with van der Waals surface area (Å²) in [4.78, 5) is 15.9. The van der Waals surface area contributed by atoms with Crippen LogP contribution in [0.25, 0.3) is 33.0 Å². The van der Waals surface area contributed by atoms with Gasteiger partial charge in [-0.15, -0.1) is 0 Å². The van der Waals surface area contributed by atoms with Crippen molar-refractivity contribution in [2.45, 2.75) is 9.79 Å². The summed E-state index contributed by atoms with van der Waals surface area (Å²) >= 11 is 0. The van der Waals surface area contributed by atoms with Crippen LogP contribution in [0.2, 0.25) is 0 Å². The first-order valence-electron chi connectivity index (χ1n) is 15.1. The summed E-state index contributed by atoms with van der Waals surface area (Å²) in [6, 6.07) is 53.0. The van der Waals surface area contributed by atoms with Crippen molar-refractivity contribution in [3.05, 3.63) is 175 Å². The van der Waals surface area contributed by atoms with Crippen molar-refractivity contribution < 1.29 is 13.2 Å². The van der Waals surface area contributed by atoms with Crippen LogP contribution in [-0.4, -0.2) is 14.2 Å². The van der Waals surface area contributed by atoms with E-state index < -0.39 is 9.84 Å². The molecule has 0 amide bonds. The number of hydrogen-bond donors (Lipinski definition) is 0. The van der Waals surface area contributed by atoms with Crippen molar-refractivity contribution in [2.24, 2.45) is 0 Å². The molecule has 0 saturated carbocycles. The molecule has 0 N–H and O–H groups in total. The molecule has 0 spiro atoms. The second-order valence-corrected chi connectivity index (χ2v) is 13.2. The number of rotatable bonds is 5. The maximum absolute atomic E-state index is 13.6. The van der Waals surface area contributed by atoms with Crippen molar-refractivity contribution in [3.63, 3.8) is 0 Å². The molecule has 0 saturated heterocycles.